The predicted octanol–water partition coefficient (Wildman–Crippen LogP) is 2.56. The van der Waals surface area contributed by atoms with Crippen LogP contribution in [-0.4, -0.2) is 16.5 Å². The monoisotopic (exact) mass is 198 g/mol. The standard InChI is InChI=1S/C12H22O2/c1-9(2)8-10(3)11(13)6-7-12(4,5)14/h6-7,9-10,14H,8H2,1-5H3/b7-6+. The van der Waals surface area contributed by atoms with Crippen LogP contribution in [0.3, 0.4) is 0 Å². The van der Waals surface area contributed by atoms with Gasteiger partial charge < -0.3 is 5.11 Å². The lowest BCUT2D eigenvalue weighted by Gasteiger charge is -2.13. The van der Waals surface area contributed by atoms with Gasteiger partial charge in [-0.05, 0) is 32.3 Å². The lowest BCUT2D eigenvalue weighted by Crippen LogP contribution is -2.16. The third-order valence-electron chi connectivity index (χ3n) is 1.97. The molecule has 0 aliphatic rings. The minimum Gasteiger partial charge on any atom is -0.386 e. The lowest BCUT2D eigenvalue weighted by molar-refractivity contribution is -0.118. The second-order valence-corrected chi connectivity index (χ2v) is 4.92. The Balaban J connectivity index is 4.15. The van der Waals surface area contributed by atoms with Gasteiger partial charge in [-0.15, -0.1) is 0 Å². The normalized spacial score (nSPS) is 15.1. The summed E-state index contributed by atoms with van der Waals surface area (Å²) in [6.45, 7) is 9.44. The van der Waals surface area contributed by atoms with Gasteiger partial charge in [0.05, 0.1) is 5.60 Å². The molecule has 2 nitrogen and oxygen atoms in total. The highest BCUT2D eigenvalue weighted by molar-refractivity contribution is 5.91. The first kappa shape index (κ1) is 13.4. The summed E-state index contributed by atoms with van der Waals surface area (Å²) in [5.41, 5.74) is -0.896. The summed E-state index contributed by atoms with van der Waals surface area (Å²) in [4.78, 5) is 11.5. The smallest absolute Gasteiger partial charge is 0.158 e. The third kappa shape index (κ3) is 6.84. The second-order valence-electron chi connectivity index (χ2n) is 4.92. The molecular weight excluding hydrogens is 176 g/mol. The molecule has 0 radical (unpaired) electrons. The average Bonchev–Trinajstić information content (AvgIpc) is 1.97. The summed E-state index contributed by atoms with van der Waals surface area (Å²) >= 11 is 0. The highest BCUT2D eigenvalue weighted by atomic mass is 16.3. The fourth-order valence-electron chi connectivity index (χ4n) is 1.27. The van der Waals surface area contributed by atoms with Crippen molar-refractivity contribution < 1.29 is 9.90 Å². The van der Waals surface area contributed by atoms with E-state index < -0.39 is 5.60 Å². The Labute approximate surface area is 87.0 Å². The maximum Gasteiger partial charge on any atom is 0.158 e. The van der Waals surface area contributed by atoms with E-state index in [1.165, 1.54) is 6.08 Å². The van der Waals surface area contributed by atoms with Gasteiger partial charge in [0.25, 0.3) is 0 Å². The van der Waals surface area contributed by atoms with Crippen LogP contribution in [-0.2, 0) is 4.79 Å². The van der Waals surface area contributed by atoms with Crippen LogP contribution >= 0.6 is 0 Å². The SMILES string of the molecule is CC(C)CC(C)C(=O)/C=C/C(C)(C)O. The minimum atomic E-state index is -0.896. The summed E-state index contributed by atoms with van der Waals surface area (Å²) in [6, 6.07) is 0. The zero-order valence-electron chi connectivity index (χ0n) is 9.87. The van der Waals surface area contributed by atoms with Crippen molar-refractivity contribution in [1.29, 1.82) is 0 Å². The Bertz CT molecular complexity index is 209. The van der Waals surface area contributed by atoms with E-state index in [9.17, 15) is 9.90 Å². The summed E-state index contributed by atoms with van der Waals surface area (Å²) < 4.78 is 0. The Morgan fingerprint density at radius 3 is 2.21 bits per heavy atom. The Kier molecular flexibility index (Phi) is 5.06. The highest BCUT2D eigenvalue weighted by Crippen LogP contribution is 2.13. The third-order valence-corrected chi connectivity index (χ3v) is 1.97. The van der Waals surface area contributed by atoms with Gasteiger partial charge in [0, 0.05) is 5.92 Å². The average molecular weight is 198 g/mol. The zero-order valence-corrected chi connectivity index (χ0v) is 9.87. The van der Waals surface area contributed by atoms with Crippen LogP contribution < -0.4 is 0 Å². The fourth-order valence-corrected chi connectivity index (χ4v) is 1.27. The molecule has 1 N–H and O–H groups in total. The van der Waals surface area contributed by atoms with E-state index >= 15 is 0 Å². The molecule has 0 bridgehead atoms. The Morgan fingerprint density at radius 1 is 1.36 bits per heavy atom. The number of hydrogen-bond donors (Lipinski definition) is 1. The number of carbonyl (C=O) groups is 1. The van der Waals surface area contributed by atoms with Crippen molar-refractivity contribution >= 4 is 5.78 Å². The van der Waals surface area contributed by atoms with E-state index in [0.717, 1.165) is 6.42 Å². The van der Waals surface area contributed by atoms with Crippen LogP contribution in [0, 0.1) is 11.8 Å². The second kappa shape index (κ2) is 5.30. The molecule has 0 amide bonds. The van der Waals surface area contributed by atoms with Crippen molar-refractivity contribution in [2.75, 3.05) is 0 Å². The molecule has 0 aliphatic carbocycles. The van der Waals surface area contributed by atoms with E-state index in [2.05, 4.69) is 13.8 Å². The fraction of sp³-hybridized carbons (Fsp3) is 0.750. The van der Waals surface area contributed by atoms with Crippen LogP contribution in [0.15, 0.2) is 12.2 Å². The molecule has 2 heteroatoms. The molecule has 0 fully saturated rings. The van der Waals surface area contributed by atoms with Crippen molar-refractivity contribution in [1.82, 2.24) is 0 Å². The van der Waals surface area contributed by atoms with Crippen molar-refractivity contribution in [3.05, 3.63) is 12.2 Å². The summed E-state index contributed by atoms with van der Waals surface area (Å²) in [6.07, 6.45) is 3.94. The van der Waals surface area contributed by atoms with Crippen LogP contribution in [0.2, 0.25) is 0 Å². The maximum atomic E-state index is 11.5. The largest absolute Gasteiger partial charge is 0.386 e. The first-order valence-electron chi connectivity index (χ1n) is 5.18. The molecule has 0 aromatic carbocycles. The quantitative estimate of drug-likeness (QED) is 0.689. The minimum absolute atomic E-state index is 0.0496. The van der Waals surface area contributed by atoms with Crippen LogP contribution in [0.1, 0.15) is 41.0 Å². The van der Waals surface area contributed by atoms with Crippen LogP contribution in [0.4, 0.5) is 0 Å². The maximum absolute atomic E-state index is 11.5. The van der Waals surface area contributed by atoms with Crippen molar-refractivity contribution in [2.45, 2.75) is 46.6 Å². The molecule has 82 valence electrons. The molecule has 0 saturated heterocycles. The molecule has 1 unspecified atom stereocenters. The van der Waals surface area contributed by atoms with Gasteiger partial charge in [-0.3, -0.25) is 4.79 Å². The van der Waals surface area contributed by atoms with E-state index in [1.807, 2.05) is 6.92 Å². The first-order valence-corrected chi connectivity index (χ1v) is 5.18. The molecule has 0 aromatic rings. The molecule has 0 aliphatic heterocycles. The molecule has 0 aromatic heterocycles. The molecule has 0 rings (SSSR count). The van der Waals surface area contributed by atoms with Gasteiger partial charge in [-0.1, -0.05) is 26.8 Å². The van der Waals surface area contributed by atoms with Crippen LogP contribution in [0.25, 0.3) is 0 Å². The summed E-state index contributed by atoms with van der Waals surface area (Å²) in [5.74, 6) is 0.680. The molecule has 0 saturated carbocycles. The molecule has 0 spiro atoms. The Hall–Kier alpha value is -0.630. The van der Waals surface area contributed by atoms with E-state index in [0.29, 0.717) is 5.92 Å². The van der Waals surface area contributed by atoms with E-state index in [1.54, 1.807) is 19.9 Å². The number of allylic oxidation sites excluding steroid dienone is 1. The van der Waals surface area contributed by atoms with Crippen molar-refractivity contribution in [2.24, 2.45) is 11.8 Å². The number of hydrogen-bond acceptors (Lipinski definition) is 2. The molecule has 14 heavy (non-hydrogen) atoms. The number of carbonyl (C=O) groups excluding carboxylic acids is 1. The Morgan fingerprint density at radius 2 is 1.86 bits per heavy atom. The van der Waals surface area contributed by atoms with Gasteiger partial charge in [-0.2, -0.15) is 0 Å². The van der Waals surface area contributed by atoms with Gasteiger partial charge in [0.15, 0.2) is 5.78 Å². The topological polar surface area (TPSA) is 37.3 Å². The number of aliphatic hydroxyl groups is 1. The summed E-state index contributed by atoms with van der Waals surface area (Å²) in [5, 5.41) is 9.39. The number of ketones is 1. The first-order chi connectivity index (χ1) is 6.22. The van der Waals surface area contributed by atoms with Gasteiger partial charge >= 0.3 is 0 Å². The van der Waals surface area contributed by atoms with Gasteiger partial charge in [0.2, 0.25) is 0 Å². The van der Waals surface area contributed by atoms with Crippen molar-refractivity contribution in [3.63, 3.8) is 0 Å². The highest BCUT2D eigenvalue weighted by Gasteiger charge is 2.13. The molecule has 0 heterocycles. The molecular formula is C12H22O2. The van der Waals surface area contributed by atoms with Crippen molar-refractivity contribution in [3.8, 4) is 0 Å². The zero-order chi connectivity index (χ0) is 11.4. The van der Waals surface area contributed by atoms with Gasteiger partial charge in [-0.25, -0.2) is 0 Å². The summed E-state index contributed by atoms with van der Waals surface area (Å²) in [7, 11) is 0. The predicted molar refractivity (Wildman–Crippen MR) is 59.1 cm³/mol. The lowest BCUT2D eigenvalue weighted by atomic mass is 9.94. The van der Waals surface area contributed by atoms with Crippen LogP contribution in [0.5, 0.6) is 0 Å². The van der Waals surface area contributed by atoms with E-state index in [-0.39, 0.29) is 11.7 Å². The molecule has 1 atom stereocenters. The van der Waals surface area contributed by atoms with E-state index in [4.69, 9.17) is 0 Å². The number of rotatable bonds is 5. The van der Waals surface area contributed by atoms with Gasteiger partial charge in [0.1, 0.15) is 0 Å².